The van der Waals surface area contributed by atoms with Gasteiger partial charge in [-0.15, -0.1) is 11.6 Å². The lowest BCUT2D eigenvalue weighted by atomic mass is 9.83. The molecule has 2 atom stereocenters. The number of ether oxygens (including phenoxy) is 1. The molecule has 7 nitrogen and oxygen atoms in total. The van der Waals surface area contributed by atoms with Crippen LogP contribution >= 0.6 is 39.1 Å². The zero-order valence-electron chi connectivity index (χ0n) is 20.4. The van der Waals surface area contributed by atoms with E-state index in [0.717, 1.165) is 5.57 Å². The molecule has 2 unspecified atom stereocenters. The highest BCUT2D eigenvalue weighted by atomic mass is 79.9. The molecule has 0 saturated heterocycles. The molecule has 5 rings (SSSR count). The van der Waals surface area contributed by atoms with Crippen LogP contribution in [0.3, 0.4) is 0 Å². The van der Waals surface area contributed by atoms with Crippen molar-refractivity contribution in [2.45, 2.75) is 31.6 Å². The first-order valence-corrected chi connectivity index (χ1v) is 13.1. The molecule has 1 aliphatic carbocycles. The van der Waals surface area contributed by atoms with Gasteiger partial charge in [-0.3, -0.25) is 0 Å². The molecular formula is C28H21BrCl2O7. The van der Waals surface area contributed by atoms with E-state index in [2.05, 4.69) is 15.9 Å². The van der Waals surface area contributed by atoms with Crippen LogP contribution in [0.5, 0.6) is 17.2 Å². The Kier molecular flexibility index (Phi) is 6.84. The van der Waals surface area contributed by atoms with E-state index in [1.54, 1.807) is 44.2 Å². The Morgan fingerprint density at radius 1 is 1.05 bits per heavy atom. The zero-order valence-corrected chi connectivity index (χ0v) is 23.5. The molecule has 1 aliphatic rings. The van der Waals surface area contributed by atoms with E-state index in [1.807, 2.05) is 0 Å². The normalized spacial score (nSPS) is 15.7. The van der Waals surface area contributed by atoms with E-state index in [4.69, 9.17) is 36.8 Å². The number of rotatable bonds is 4. The predicted octanol–water partition coefficient (Wildman–Crippen LogP) is 6.64. The summed E-state index contributed by atoms with van der Waals surface area (Å²) in [4.78, 5) is 26.8. The van der Waals surface area contributed by atoms with Crippen LogP contribution in [0.25, 0.3) is 17.0 Å². The van der Waals surface area contributed by atoms with Crippen LogP contribution in [0.1, 0.15) is 46.4 Å². The predicted molar refractivity (Wildman–Crippen MR) is 149 cm³/mol. The highest BCUT2D eigenvalue weighted by Gasteiger charge is 2.35. The number of aryl methyl sites for hydroxylation is 1. The van der Waals surface area contributed by atoms with Gasteiger partial charge in [-0.25, -0.2) is 9.59 Å². The molecular weight excluding hydrogens is 599 g/mol. The first kappa shape index (κ1) is 26.4. The fourth-order valence-electron chi connectivity index (χ4n) is 4.71. The Morgan fingerprint density at radius 2 is 1.74 bits per heavy atom. The second kappa shape index (κ2) is 9.84. The van der Waals surface area contributed by atoms with Crippen LogP contribution in [-0.2, 0) is 6.42 Å². The third kappa shape index (κ3) is 4.30. The Morgan fingerprint density at radius 3 is 2.42 bits per heavy atom. The minimum atomic E-state index is -1.28. The summed E-state index contributed by atoms with van der Waals surface area (Å²) < 4.78 is 17.0. The van der Waals surface area contributed by atoms with Crippen LogP contribution in [0.15, 0.2) is 58.8 Å². The summed E-state index contributed by atoms with van der Waals surface area (Å²) in [5.41, 5.74) is -0.00858. The topological polar surface area (TPSA) is 110 Å². The molecule has 2 aromatic heterocycles. The summed E-state index contributed by atoms with van der Waals surface area (Å²) >= 11 is 16.2. The van der Waals surface area contributed by atoms with Gasteiger partial charge in [0.25, 0.3) is 0 Å². The molecule has 0 bridgehead atoms. The molecule has 0 aliphatic heterocycles. The maximum absolute atomic E-state index is 13.4. The first-order valence-electron chi connectivity index (χ1n) is 11.5. The van der Waals surface area contributed by atoms with E-state index in [1.165, 1.54) is 13.2 Å². The molecule has 0 amide bonds. The lowest BCUT2D eigenvalue weighted by Gasteiger charge is -2.24. The zero-order chi connectivity index (χ0) is 27.5. The summed E-state index contributed by atoms with van der Waals surface area (Å²) in [5.74, 6) is -1.39. The summed E-state index contributed by atoms with van der Waals surface area (Å²) in [6.07, 6.45) is 1.81. The molecule has 0 fully saturated rings. The van der Waals surface area contributed by atoms with Gasteiger partial charge in [0.05, 0.1) is 39.4 Å². The Labute approximate surface area is 235 Å². The van der Waals surface area contributed by atoms with Gasteiger partial charge in [0.1, 0.15) is 28.6 Å². The van der Waals surface area contributed by atoms with Gasteiger partial charge in [0.2, 0.25) is 0 Å². The molecule has 4 aromatic rings. The van der Waals surface area contributed by atoms with Gasteiger partial charge in [-0.05, 0) is 77.7 Å². The standard InChI is InChI=1S/C28H21BrCl2O7/c1-11-6-20-14(9-17(11)30)25(32)23(27(34)37-20)22(13-4-5-19(36-3)16(29)8-13)24-26(33)15-10-18(31)12(2)7-21(15)38-28(24)35/h4-9,18,22,32-33H,10H2,1-3H3. The molecule has 2 heterocycles. The average molecular weight is 620 g/mol. The number of methoxy groups -OCH3 is 1. The van der Waals surface area contributed by atoms with Crippen molar-refractivity contribution in [1.29, 1.82) is 0 Å². The number of hydrogen-bond acceptors (Lipinski definition) is 7. The lowest BCUT2D eigenvalue weighted by molar-refractivity contribution is 0.410. The second-order valence-electron chi connectivity index (χ2n) is 9.13. The van der Waals surface area contributed by atoms with Crippen LogP contribution in [0, 0.1) is 6.92 Å². The van der Waals surface area contributed by atoms with Crippen molar-refractivity contribution in [2.75, 3.05) is 7.11 Å². The smallest absolute Gasteiger partial charge is 0.344 e. The number of benzene rings is 2. The van der Waals surface area contributed by atoms with Crippen molar-refractivity contribution < 1.29 is 23.8 Å². The highest BCUT2D eigenvalue weighted by Crippen LogP contribution is 2.44. The van der Waals surface area contributed by atoms with Crippen molar-refractivity contribution in [1.82, 2.24) is 0 Å². The molecule has 0 saturated carbocycles. The van der Waals surface area contributed by atoms with Crippen molar-refractivity contribution >= 4 is 56.2 Å². The lowest BCUT2D eigenvalue weighted by Crippen LogP contribution is -2.23. The summed E-state index contributed by atoms with van der Waals surface area (Å²) in [7, 11) is 1.49. The maximum Gasteiger partial charge on any atom is 0.344 e. The third-order valence-electron chi connectivity index (χ3n) is 6.78. The van der Waals surface area contributed by atoms with E-state index in [-0.39, 0.29) is 40.0 Å². The first-order chi connectivity index (χ1) is 18.0. The minimum absolute atomic E-state index is 0.125. The van der Waals surface area contributed by atoms with Gasteiger partial charge in [-0.2, -0.15) is 0 Å². The number of hydrogen-bond donors (Lipinski definition) is 2. The molecule has 2 N–H and O–H groups in total. The number of halogens is 3. The monoisotopic (exact) mass is 618 g/mol. The van der Waals surface area contributed by atoms with Gasteiger partial charge in [0.15, 0.2) is 0 Å². The Hall–Kier alpha value is -3.20. The quantitative estimate of drug-likeness (QED) is 0.195. The van der Waals surface area contributed by atoms with E-state index in [9.17, 15) is 19.8 Å². The minimum Gasteiger partial charge on any atom is -0.507 e. The van der Waals surface area contributed by atoms with Gasteiger partial charge >= 0.3 is 11.3 Å². The molecule has 10 heteroatoms. The summed E-state index contributed by atoms with van der Waals surface area (Å²) in [6, 6.07) is 7.90. The molecule has 0 radical (unpaired) electrons. The number of allylic oxidation sites excluding steroid dienone is 1. The van der Waals surface area contributed by atoms with Gasteiger partial charge in [0, 0.05) is 10.6 Å². The van der Waals surface area contributed by atoms with E-state index >= 15 is 0 Å². The molecule has 2 aromatic carbocycles. The fraction of sp³-hybridized carbons (Fsp3) is 0.214. The van der Waals surface area contributed by atoms with Crippen LogP contribution < -0.4 is 16.0 Å². The van der Waals surface area contributed by atoms with E-state index < -0.39 is 28.3 Å². The largest absolute Gasteiger partial charge is 0.507 e. The Bertz CT molecular complexity index is 1770. The number of aromatic hydroxyl groups is 2. The van der Waals surface area contributed by atoms with Gasteiger partial charge < -0.3 is 23.8 Å². The number of alkyl halides is 1. The Balaban J connectivity index is 1.88. The molecule has 38 heavy (non-hydrogen) atoms. The van der Waals surface area contributed by atoms with Crippen molar-refractivity contribution in [3.8, 4) is 17.2 Å². The van der Waals surface area contributed by atoms with Crippen LogP contribution in [0.4, 0.5) is 0 Å². The van der Waals surface area contributed by atoms with Crippen LogP contribution in [-0.4, -0.2) is 22.7 Å². The van der Waals surface area contributed by atoms with Gasteiger partial charge in [-0.1, -0.05) is 23.2 Å². The van der Waals surface area contributed by atoms with Crippen molar-refractivity contribution in [2.24, 2.45) is 0 Å². The second-order valence-corrected chi connectivity index (χ2v) is 10.9. The van der Waals surface area contributed by atoms with Crippen molar-refractivity contribution in [3.05, 3.63) is 99.8 Å². The molecule has 196 valence electrons. The molecule has 0 spiro atoms. The summed E-state index contributed by atoms with van der Waals surface area (Å²) in [6.45, 7) is 3.54. The van der Waals surface area contributed by atoms with Crippen LogP contribution in [0.2, 0.25) is 5.02 Å². The number of fused-ring (bicyclic) bond motifs is 2. The third-order valence-corrected chi connectivity index (χ3v) is 8.30. The maximum atomic E-state index is 13.4. The fourth-order valence-corrected chi connectivity index (χ4v) is 5.65. The average Bonchev–Trinajstić information content (AvgIpc) is 2.86. The van der Waals surface area contributed by atoms with Crippen molar-refractivity contribution in [3.63, 3.8) is 0 Å². The summed E-state index contributed by atoms with van der Waals surface area (Å²) in [5, 5.41) is 22.9. The van der Waals surface area contributed by atoms with E-state index in [0.29, 0.717) is 31.9 Å². The highest BCUT2D eigenvalue weighted by molar-refractivity contribution is 9.10. The SMILES string of the molecule is COc1ccc(C(c2c(O)c3c(oc2=O)C=C(C)C(Cl)C3)c2c(O)c3cc(Cl)c(C)cc3oc2=O)cc1Br.